The molecule has 1 fully saturated rings. The molecule has 1 aromatic rings. The average molecular weight is 319 g/mol. The van der Waals surface area contributed by atoms with Gasteiger partial charge in [0.05, 0.1) is 13.7 Å². The maximum absolute atomic E-state index is 11.5. The number of nitrogens with one attached hydrogen (secondary N) is 1. The molecule has 0 radical (unpaired) electrons. The van der Waals surface area contributed by atoms with Gasteiger partial charge in [0.1, 0.15) is 19.2 Å². The van der Waals surface area contributed by atoms with E-state index in [1.54, 1.807) is 0 Å². The number of rotatable bonds is 8. The lowest BCUT2D eigenvalue weighted by molar-refractivity contribution is -0.134. The average Bonchev–Trinajstić information content (AvgIpc) is 3.12. The smallest absolute Gasteiger partial charge is 0.332 e. The van der Waals surface area contributed by atoms with E-state index in [1.807, 2.05) is 24.3 Å². The summed E-state index contributed by atoms with van der Waals surface area (Å²) in [5.74, 6) is -0.431. The SMILES string of the molecule is COC(=O)/C=C(\NCCCC=O)c1ccc(C2COCO2)cc1. The monoisotopic (exact) mass is 319 g/mol. The lowest BCUT2D eigenvalue weighted by Crippen LogP contribution is -2.16. The fourth-order valence-corrected chi connectivity index (χ4v) is 2.22. The summed E-state index contributed by atoms with van der Waals surface area (Å²) >= 11 is 0. The van der Waals surface area contributed by atoms with E-state index in [4.69, 9.17) is 9.47 Å². The van der Waals surface area contributed by atoms with E-state index in [0.29, 0.717) is 38.5 Å². The van der Waals surface area contributed by atoms with Gasteiger partial charge in [0.2, 0.25) is 0 Å². The molecule has 0 aromatic heterocycles. The zero-order chi connectivity index (χ0) is 16.5. The van der Waals surface area contributed by atoms with Crippen molar-refractivity contribution in [2.24, 2.45) is 0 Å². The molecule has 0 aliphatic carbocycles. The lowest BCUT2D eigenvalue weighted by atomic mass is 10.1. The zero-order valence-electron chi connectivity index (χ0n) is 13.1. The number of methoxy groups -OCH3 is 1. The molecule has 2 rings (SSSR count). The second kappa shape index (κ2) is 9.07. The van der Waals surface area contributed by atoms with E-state index in [-0.39, 0.29) is 6.10 Å². The topological polar surface area (TPSA) is 73.9 Å². The Labute approximate surface area is 135 Å². The van der Waals surface area contributed by atoms with Gasteiger partial charge >= 0.3 is 5.97 Å². The summed E-state index contributed by atoms with van der Waals surface area (Å²) in [5.41, 5.74) is 2.56. The minimum absolute atomic E-state index is 0.0439. The van der Waals surface area contributed by atoms with Crippen LogP contribution in [0.4, 0.5) is 0 Å². The van der Waals surface area contributed by atoms with Crippen molar-refractivity contribution in [3.8, 4) is 0 Å². The van der Waals surface area contributed by atoms with Gasteiger partial charge in [0, 0.05) is 24.7 Å². The molecular formula is C17H21NO5. The third-order valence-electron chi connectivity index (χ3n) is 3.49. The van der Waals surface area contributed by atoms with E-state index in [2.05, 4.69) is 10.1 Å². The van der Waals surface area contributed by atoms with Gasteiger partial charge in [-0.25, -0.2) is 4.79 Å². The van der Waals surface area contributed by atoms with Gasteiger partial charge in [0.15, 0.2) is 0 Å². The van der Waals surface area contributed by atoms with Gasteiger partial charge in [-0.1, -0.05) is 24.3 Å². The molecule has 6 nitrogen and oxygen atoms in total. The number of carbonyl (C=O) groups excluding carboxylic acids is 2. The summed E-state index contributed by atoms with van der Waals surface area (Å²) in [6, 6.07) is 7.73. The summed E-state index contributed by atoms with van der Waals surface area (Å²) in [6.07, 6.45) is 3.43. The molecule has 1 heterocycles. The molecule has 0 spiro atoms. The second-order valence-electron chi connectivity index (χ2n) is 5.08. The molecule has 1 unspecified atom stereocenters. The van der Waals surface area contributed by atoms with Crippen LogP contribution in [-0.4, -0.2) is 39.3 Å². The minimum Gasteiger partial charge on any atom is -0.466 e. The van der Waals surface area contributed by atoms with Crippen molar-refractivity contribution >= 4 is 18.0 Å². The standard InChI is InChI=1S/C17H21NO5/c1-21-17(20)10-15(18-8-2-3-9-19)13-4-6-14(7-5-13)16-11-22-12-23-16/h4-7,9-10,16,18H,2-3,8,11-12H2,1H3/b15-10-. The second-order valence-corrected chi connectivity index (χ2v) is 5.08. The van der Waals surface area contributed by atoms with Crippen LogP contribution < -0.4 is 5.32 Å². The third kappa shape index (κ3) is 5.19. The first kappa shape index (κ1) is 17.2. The Kier molecular flexibility index (Phi) is 6.77. The van der Waals surface area contributed by atoms with Crippen molar-refractivity contribution in [2.45, 2.75) is 18.9 Å². The predicted octanol–water partition coefficient (Wildman–Crippen LogP) is 1.81. The Morgan fingerprint density at radius 2 is 2.17 bits per heavy atom. The van der Waals surface area contributed by atoms with Gasteiger partial charge < -0.3 is 24.3 Å². The van der Waals surface area contributed by atoms with Crippen LogP contribution in [-0.2, 0) is 23.8 Å². The van der Waals surface area contributed by atoms with Gasteiger partial charge in [-0.2, -0.15) is 0 Å². The Hall–Kier alpha value is -2.18. The quantitative estimate of drug-likeness (QED) is 0.341. The molecule has 0 amide bonds. The summed E-state index contributed by atoms with van der Waals surface area (Å²) in [4.78, 5) is 21.9. The normalized spacial score (nSPS) is 17.8. The van der Waals surface area contributed by atoms with Crippen LogP contribution in [0, 0.1) is 0 Å². The molecule has 1 aromatic carbocycles. The first-order valence-electron chi connectivity index (χ1n) is 7.51. The predicted molar refractivity (Wildman–Crippen MR) is 84.4 cm³/mol. The van der Waals surface area contributed by atoms with E-state index in [1.165, 1.54) is 13.2 Å². The maximum Gasteiger partial charge on any atom is 0.332 e. The van der Waals surface area contributed by atoms with Gasteiger partial charge in [0.25, 0.3) is 0 Å². The number of carbonyl (C=O) groups is 2. The van der Waals surface area contributed by atoms with Crippen LogP contribution in [0.2, 0.25) is 0 Å². The van der Waals surface area contributed by atoms with E-state index in [9.17, 15) is 9.59 Å². The molecule has 1 atom stereocenters. The van der Waals surface area contributed by atoms with Crippen LogP contribution in [0.25, 0.3) is 5.70 Å². The van der Waals surface area contributed by atoms with Crippen molar-refractivity contribution in [3.05, 3.63) is 41.5 Å². The Morgan fingerprint density at radius 1 is 1.39 bits per heavy atom. The fraction of sp³-hybridized carbons (Fsp3) is 0.412. The molecule has 6 heteroatoms. The third-order valence-corrected chi connectivity index (χ3v) is 3.49. The highest BCUT2D eigenvalue weighted by molar-refractivity contribution is 5.90. The summed E-state index contributed by atoms with van der Waals surface area (Å²) in [6.45, 7) is 1.47. The van der Waals surface area contributed by atoms with Crippen LogP contribution in [0.5, 0.6) is 0 Å². The number of ether oxygens (including phenoxy) is 3. The Morgan fingerprint density at radius 3 is 2.78 bits per heavy atom. The van der Waals surface area contributed by atoms with Crippen molar-refractivity contribution in [1.29, 1.82) is 0 Å². The number of aldehydes is 1. The molecule has 0 saturated carbocycles. The molecule has 23 heavy (non-hydrogen) atoms. The highest BCUT2D eigenvalue weighted by Gasteiger charge is 2.18. The van der Waals surface area contributed by atoms with Gasteiger partial charge in [-0.3, -0.25) is 0 Å². The molecule has 0 bridgehead atoms. The van der Waals surface area contributed by atoms with Crippen molar-refractivity contribution in [3.63, 3.8) is 0 Å². The highest BCUT2D eigenvalue weighted by atomic mass is 16.7. The molecule has 1 aliphatic rings. The molecular weight excluding hydrogens is 298 g/mol. The van der Waals surface area contributed by atoms with Gasteiger partial charge in [-0.15, -0.1) is 0 Å². The van der Waals surface area contributed by atoms with E-state index < -0.39 is 5.97 Å². The van der Waals surface area contributed by atoms with Crippen molar-refractivity contribution < 1.29 is 23.8 Å². The number of hydrogen-bond acceptors (Lipinski definition) is 6. The highest BCUT2D eigenvalue weighted by Crippen LogP contribution is 2.24. The minimum atomic E-state index is -0.431. The summed E-state index contributed by atoms with van der Waals surface area (Å²) in [7, 11) is 1.34. The first-order valence-corrected chi connectivity index (χ1v) is 7.51. The van der Waals surface area contributed by atoms with Crippen molar-refractivity contribution in [2.75, 3.05) is 27.1 Å². The first-order chi connectivity index (χ1) is 11.2. The van der Waals surface area contributed by atoms with Crippen LogP contribution >= 0.6 is 0 Å². The molecule has 1 aliphatic heterocycles. The molecule has 1 N–H and O–H groups in total. The fourth-order valence-electron chi connectivity index (χ4n) is 2.22. The number of hydrogen-bond donors (Lipinski definition) is 1. The van der Waals surface area contributed by atoms with Crippen molar-refractivity contribution in [1.82, 2.24) is 5.32 Å². The molecule has 124 valence electrons. The number of benzene rings is 1. The summed E-state index contributed by atoms with van der Waals surface area (Å²) in [5, 5.41) is 3.17. The van der Waals surface area contributed by atoms with Gasteiger partial charge in [-0.05, 0) is 17.5 Å². The van der Waals surface area contributed by atoms with Crippen LogP contribution in [0.3, 0.4) is 0 Å². The Bertz CT molecular complexity index is 547. The maximum atomic E-state index is 11.5. The number of unbranched alkanes of at least 4 members (excludes halogenated alkanes) is 1. The van der Waals surface area contributed by atoms with Crippen LogP contribution in [0.1, 0.15) is 30.1 Å². The molecule has 1 saturated heterocycles. The Balaban J connectivity index is 2.08. The summed E-state index contributed by atoms with van der Waals surface area (Å²) < 4.78 is 15.3. The van der Waals surface area contributed by atoms with E-state index in [0.717, 1.165) is 17.4 Å². The lowest BCUT2D eigenvalue weighted by Gasteiger charge is -2.13. The largest absolute Gasteiger partial charge is 0.466 e. The van der Waals surface area contributed by atoms with E-state index >= 15 is 0 Å². The van der Waals surface area contributed by atoms with Crippen LogP contribution in [0.15, 0.2) is 30.3 Å². The zero-order valence-corrected chi connectivity index (χ0v) is 13.1. The number of esters is 1.